The van der Waals surface area contributed by atoms with Crippen LogP contribution in [0.25, 0.3) is 0 Å². The normalized spacial score (nSPS) is 23.4. The van der Waals surface area contributed by atoms with Gasteiger partial charge in [-0.2, -0.15) is 0 Å². The summed E-state index contributed by atoms with van der Waals surface area (Å²) in [6.07, 6.45) is 6.08. The summed E-state index contributed by atoms with van der Waals surface area (Å²) in [4.78, 5) is 11.5. The molecule has 0 aromatic heterocycles. The number of carbonyl (C=O) groups excluding carboxylic acids is 1. The molecule has 88 valence electrons. The highest BCUT2D eigenvalue weighted by atomic mass is 16.3. The SMILES string of the molecule is O=C1C=C(O)CC(c2ccc3c(c2)CCC3)C1. The van der Waals surface area contributed by atoms with Gasteiger partial charge >= 0.3 is 0 Å². The first kappa shape index (κ1) is 10.6. The van der Waals surface area contributed by atoms with Crippen molar-refractivity contribution < 1.29 is 9.90 Å². The van der Waals surface area contributed by atoms with Crippen molar-refractivity contribution in [3.8, 4) is 0 Å². The van der Waals surface area contributed by atoms with Gasteiger partial charge in [0.25, 0.3) is 0 Å². The van der Waals surface area contributed by atoms with Crippen LogP contribution in [-0.4, -0.2) is 10.9 Å². The molecule has 0 fully saturated rings. The molecule has 17 heavy (non-hydrogen) atoms. The van der Waals surface area contributed by atoms with Crippen LogP contribution >= 0.6 is 0 Å². The van der Waals surface area contributed by atoms with Crippen LogP contribution in [-0.2, 0) is 17.6 Å². The second-order valence-corrected chi connectivity index (χ2v) is 5.09. The van der Waals surface area contributed by atoms with Crippen molar-refractivity contribution in [3.63, 3.8) is 0 Å². The Kier molecular flexibility index (Phi) is 2.50. The summed E-state index contributed by atoms with van der Waals surface area (Å²) in [5, 5.41) is 9.55. The Bertz CT molecular complexity index is 500. The fourth-order valence-electron chi connectivity index (χ4n) is 2.95. The second kappa shape index (κ2) is 4.02. The van der Waals surface area contributed by atoms with Gasteiger partial charge in [0.2, 0.25) is 0 Å². The third kappa shape index (κ3) is 1.99. The fraction of sp³-hybridized carbons (Fsp3) is 0.400. The zero-order chi connectivity index (χ0) is 11.8. The smallest absolute Gasteiger partial charge is 0.159 e. The summed E-state index contributed by atoms with van der Waals surface area (Å²) in [5.74, 6) is 0.435. The molecule has 0 saturated heterocycles. The maximum Gasteiger partial charge on any atom is 0.159 e. The van der Waals surface area contributed by atoms with Gasteiger partial charge in [0, 0.05) is 18.9 Å². The van der Waals surface area contributed by atoms with Crippen molar-refractivity contribution in [2.24, 2.45) is 0 Å². The van der Waals surface area contributed by atoms with Crippen molar-refractivity contribution in [3.05, 3.63) is 46.7 Å². The quantitative estimate of drug-likeness (QED) is 0.802. The number of fused-ring (bicyclic) bond motifs is 1. The van der Waals surface area contributed by atoms with E-state index in [0.29, 0.717) is 12.8 Å². The van der Waals surface area contributed by atoms with Gasteiger partial charge in [-0.25, -0.2) is 0 Å². The lowest BCUT2D eigenvalue weighted by atomic mass is 9.85. The molecule has 2 nitrogen and oxygen atoms in total. The highest BCUT2D eigenvalue weighted by molar-refractivity contribution is 5.91. The van der Waals surface area contributed by atoms with Crippen LogP contribution in [0.15, 0.2) is 30.0 Å². The van der Waals surface area contributed by atoms with Gasteiger partial charge in [-0.1, -0.05) is 18.2 Å². The van der Waals surface area contributed by atoms with Crippen molar-refractivity contribution in [1.29, 1.82) is 0 Å². The van der Waals surface area contributed by atoms with Gasteiger partial charge in [-0.05, 0) is 41.9 Å². The molecular formula is C15H16O2. The van der Waals surface area contributed by atoms with E-state index in [1.54, 1.807) is 0 Å². The molecule has 2 aliphatic rings. The number of hydrogen-bond acceptors (Lipinski definition) is 2. The molecule has 0 bridgehead atoms. The zero-order valence-electron chi connectivity index (χ0n) is 9.78. The number of carbonyl (C=O) groups is 1. The van der Waals surface area contributed by atoms with Gasteiger partial charge in [-0.15, -0.1) is 0 Å². The van der Waals surface area contributed by atoms with Gasteiger partial charge in [-0.3, -0.25) is 4.79 Å². The first-order valence-corrected chi connectivity index (χ1v) is 6.26. The summed E-state index contributed by atoms with van der Waals surface area (Å²) in [6.45, 7) is 0. The lowest BCUT2D eigenvalue weighted by Gasteiger charge is -2.20. The summed E-state index contributed by atoms with van der Waals surface area (Å²) < 4.78 is 0. The minimum atomic E-state index is 0.0410. The highest BCUT2D eigenvalue weighted by Gasteiger charge is 2.23. The number of benzene rings is 1. The van der Waals surface area contributed by atoms with E-state index in [1.165, 1.54) is 35.6 Å². The molecule has 0 radical (unpaired) electrons. The van der Waals surface area contributed by atoms with E-state index in [-0.39, 0.29) is 17.5 Å². The molecule has 1 aromatic rings. The van der Waals surface area contributed by atoms with Crippen LogP contribution in [0.1, 0.15) is 41.9 Å². The second-order valence-electron chi connectivity index (χ2n) is 5.09. The Hall–Kier alpha value is -1.57. The Morgan fingerprint density at radius 1 is 1.12 bits per heavy atom. The van der Waals surface area contributed by atoms with Gasteiger partial charge in [0.05, 0.1) is 5.76 Å². The Morgan fingerprint density at radius 2 is 1.94 bits per heavy atom. The molecular weight excluding hydrogens is 212 g/mol. The molecule has 1 atom stereocenters. The molecule has 2 heteroatoms. The summed E-state index contributed by atoms with van der Waals surface area (Å²) in [6, 6.07) is 6.55. The number of aryl methyl sites for hydroxylation is 2. The van der Waals surface area contributed by atoms with E-state index < -0.39 is 0 Å². The molecule has 3 rings (SSSR count). The first-order chi connectivity index (χ1) is 8.22. The minimum Gasteiger partial charge on any atom is -0.512 e. The van der Waals surface area contributed by atoms with E-state index in [2.05, 4.69) is 18.2 Å². The Balaban J connectivity index is 1.90. The molecule has 1 unspecified atom stereocenters. The van der Waals surface area contributed by atoms with Crippen LogP contribution in [0.4, 0.5) is 0 Å². The van der Waals surface area contributed by atoms with Crippen molar-refractivity contribution in [2.45, 2.75) is 38.0 Å². The zero-order valence-corrected chi connectivity index (χ0v) is 9.78. The van der Waals surface area contributed by atoms with Crippen LogP contribution in [0.5, 0.6) is 0 Å². The van der Waals surface area contributed by atoms with Crippen molar-refractivity contribution >= 4 is 5.78 Å². The van der Waals surface area contributed by atoms with E-state index in [0.717, 1.165) is 6.42 Å². The number of aliphatic hydroxyl groups is 1. The number of rotatable bonds is 1. The standard InChI is InChI=1S/C15H16O2/c16-14-7-13(8-15(17)9-14)12-5-4-10-2-1-3-11(10)6-12/h4-6,9,13,16H,1-3,7-8H2. The van der Waals surface area contributed by atoms with E-state index in [9.17, 15) is 9.90 Å². The monoisotopic (exact) mass is 228 g/mol. The number of allylic oxidation sites excluding steroid dienone is 2. The maximum atomic E-state index is 11.5. The number of hydrogen-bond donors (Lipinski definition) is 1. The summed E-state index contributed by atoms with van der Waals surface area (Å²) >= 11 is 0. The summed E-state index contributed by atoms with van der Waals surface area (Å²) in [5.41, 5.74) is 4.10. The molecule has 0 saturated carbocycles. The first-order valence-electron chi connectivity index (χ1n) is 6.26. The molecule has 1 aromatic carbocycles. The Morgan fingerprint density at radius 3 is 2.76 bits per heavy atom. The molecule has 0 spiro atoms. The topological polar surface area (TPSA) is 37.3 Å². The van der Waals surface area contributed by atoms with E-state index >= 15 is 0 Å². The molecule has 0 heterocycles. The average molecular weight is 228 g/mol. The number of aliphatic hydroxyl groups excluding tert-OH is 1. The predicted molar refractivity (Wildman–Crippen MR) is 66.2 cm³/mol. The van der Waals surface area contributed by atoms with Gasteiger partial charge in [0.1, 0.15) is 0 Å². The molecule has 2 aliphatic carbocycles. The van der Waals surface area contributed by atoms with Crippen LogP contribution in [0.2, 0.25) is 0 Å². The van der Waals surface area contributed by atoms with E-state index in [4.69, 9.17) is 0 Å². The van der Waals surface area contributed by atoms with Crippen LogP contribution in [0, 0.1) is 0 Å². The molecule has 0 amide bonds. The third-order valence-corrected chi connectivity index (χ3v) is 3.82. The average Bonchev–Trinajstić information content (AvgIpc) is 2.74. The Labute approximate surface area is 101 Å². The fourth-order valence-corrected chi connectivity index (χ4v) is 2.95. The van der Waals surface area contributed by atoms with Crippen molar-refractivity contribution in [1.82, 2.24) is 0 Å². The molecule has 0 aliphatic heterocycles. The van der Waals surface area contributed by atoms with Gasteiger partial charge in [0.15, 0.2) is 5.78 Å². The van der Waals surface area contributed by atoms with Crippen LogP contribution < -0.4 is 0 Å². The predicted octanol–water partition coefficient (Wildman–Crippen LogP) is 3.06. The number of ketones is 1. The third-order valence-electron chi connectivity index (χ3n) is 3.82. The van der Waals surface area contributed by atoms with Crippen molar-refractivity contribution in [2.75, 3.05) is 0 Å². The van der Waals surface area contributed by atoms with E-state index in [1.807, 2.05) is 0 Å². The summed E-state index contributed by atoms with van der Waals surface area (Å²) in [7, 11) is 0. The minimum absolute atomic E-state index is 0.0410. The van der Waals surface area contributed by atoms with Crippen LogP contribution in [0.3, 0.4) is 0 Å². The highest BCUT2D eigenvalue weighted by Crippen LogP contribution is 2.33. The maximum absolute atomic E-state index is 11.5. The molecule has 1 N–H and O–H groups in total. The van der Waals surface area contributed by atoms with Gasteiger partial charge < -0.3 is 5.11 Å². The largest absolute Gasteiger partial charge is 0.512 e. The lowest BCUT2D eigenvalue weighted by molar-refractivity contribution is -0.115. The lowest BCUT2D eigenvalue weighted by Crippen LogP contribution is -2.12.